The molecule has 8 nitrogen and oxygen atoms in total. The maximum absolute atomic E-state index is 5.44. The Balaban J connectivity index is 1.24. The number of aromatic nitrogens is 3. The highest BCUT2D eigenvalue weighted by Crippen LogP contribution is 2.30. The molecular weight excluding hydrogens is 450 g/mol. The van der Waals surface area contributed by atoms with Crippen LogP contribution in [0.2, 0.25) is 0 Å². The lowest BCUT2D eigenvalue weighted by molar-refractivity contribution is 0.459. The van der Waals surface area contributed by atoms with E-state index in [1.807, 2.05) is 50.6 Å². The van der Waals surface area contributed by atoms with Crippen LogP contribution < -0.4 is 20.9 Å². The SMILES string of the molecule is C=C(Nc1cc(NC)cc(NC)c1)C1CCN(c2ccnc(-c3cccc(-c4ncco4)c3)n2)CC1. The summed E-state index contributed by atoms with van der Waals surface area (Å²) >= 11 is 0. The van der Waals surface area contributed by atoms with Crippen molar-refractivity contribution in [3.8, 4) is 22.8 Å². The third kappa shape index (κ3) is 5.17. The van der Waals surface area contributed by atoms with Crippen LogP contribution in [0.25, 0.3) is 22.8 Å². The zero-order valence-corrected chi connectivity index (χ0v) is 20.7. The molecule has 0 radical (unpaired) electrons. The molecule has 8 heteroatoms. The molecule has 2 aromatic carbocycles. The number of anilines is 4. The highest BCUT2D eigenvalue weighted by Gasteiger charge is 2.23. The number of piperidine rings is 1. The van der Waals surface area contributed by atoms with Gasteiger partial charge in [0.2, 0.25) is 5.89 Å². The molecule has 1 aliphatic heterocycles. The van der Waals surface area contributed by atoms with Gasteiger partial charge < -0.3 is 25.3 Å². The van der Waals surface area contributed by atoms with Crippen LogP contribution in [0.4, 0.5) is 22.9 Å². The number of allylic oxidation sites excluding steroid dienone is 1. The molecule has 1 saturated heterocycles. The molecule has 0 unspecified atom stereocenters. The van der Waals surface area contributed by atoms with Gasteiger partial charge in [-0.2, -0.15) is 0 Å². The van der Waals surface area contributed by atoms with Crippen LogP contribution in [0.5, 0.6) is 0 Å². The summed E-state index contributed by atoms with van der Waals surface area (Å²) in [6.07, 6.45) is 7.07. The lowest BCUT2D eigenvalue weighted by Crippen LogP contribution is -2.35. The van der Waals surface area contributed by atoms with Gasteiger partial charge in [-0.1, -0.05) is 18.7 Å². The van der Waals surface area contributed by atoms with E-state index < -0.39 is 0 Å². The molecule has 184 valence electrons. The molecule has 3 N–H and O–H groups in total. The molecule has 0 saturated carbocycles. The minimum Gasteiger partial charge on any atom is -0.445 e. The standard InChI is InChI=1S/C28H31N7O/c1-19(33-25-17-23(29-2)16-24(18-25)30-3)20-8-12-35(13-9-20)26-7-10-31-27(34-26)21-5-4-6-22(15-21)28-32-11-14-36-28/h4-7,10-11,14-18,20,29-30,33H,1,8-9,12-13H2,2-3H3. The Bertz CT molecular complexity index is 1310. The number of nitrogens with zero attached hydrogens (tertiary/aromatic N) is 4. The molecule has 5 rings (SSSR count). The van der Waals surface area contributed by atoms with Gasteiger partial charge in [-0.15, -0.1) is 0 Å². The molecule has 0 bridgehead atoms. The molecule has 3 heterocycles. The topological polar surface area (TPSA) is 91.1 Å². The van der Waals surface area contributed by atoms with E-state index in [4.69, 9.17) is 9.40 Å². The quantitative estimate of drug-likeness (QED) is 0.294. The van der Waals surface area contributed by atoms with E-state index in [0.717, 1.165) is 65.6 Å². The molecule has 0 amide bonds. The van der Waals surface area contributed by atoms with Crippen LogP contribution in [0.15, 0.2) is 83.9 Å². The highest BCUT2D eigenvalue weighted by atomic mass is 16.3. The monoisotopic (exact) mass is 481 g/mol. The minimum atomic E-state index is 0.399. The summed E-state index contributed by atoms with van der Waals surface area (Å²) < 4.78 is 5.44. The lowest BCUT2D eigenvalue weighted by atomic mass is 9.93. The Morgan fingerprint density at radius 1 is 0.917 bits per heavy atom. The number of hydrogen-bond donors (Lipinski definition) is 3. The fraction of sp³-hybridized carbons (Fsp3) is 0.250. The van der Waals surface area contributed by atoms with Crippen LogP contribution in [0.3, 0.4) is 0 Å². The van der Waals surface area contributed by atoms with Crippen molar-refractivity contribution in [3.63, 3.8) is 0 Å². The summed E-state index contributed by atoms with van der Waals surface area (Å²) in [4.78, 5) is 16.0. The van der Waals surface area contributed by atoms with Gasteiger partial charge in [0, 0.05) is 73.2 Å². The zero-order chi connectivity index (χ0) is 24.9. The van der Waals surface area contributed by atoms with Gasteiger partial charge in [0.05, 0.1) is 6.20 Å². The molecule has 2 aromatic heterocycles. The van der Waals surface area contributed by atoms with Gasteiger partial charge >= 0.3 is 0 Å². The van der Waals surface area contributed by atoms with Gasteiger partial charge in [0.25, 0.3) is 0 Å². The van der Waals surface area contributed by atoms with E-state index in [2.05, 4.69) is 55.6 Å². The summed E-state index contributed by atoms with van der Waals surface area (Å²) in [6.45, 7) is 6.18. The van der Waals surface area contributed by atoms with Gasteiger partial charge in [0.1, 0.15) is 12.1 Å². The maximum Gasteiger partial charge on any atom is 0.225 e. The largest absolute Gasteiger partial charge is 0.445 e. The van der Waals surface area contributed by atoms with E-state index in [-0.39, 0.29) is 0 Å². The van der Waals surface area contributed by atoms with Crippen molar-refractivity contribution >= 4 is 22.9 Å². The third-order valence-electron chi connectivity index (χ3n) is 6.57. The van der Waals surface area contributed by atoms with Gasteiger partial charge in [0.15, 0.2) is 5.82 Å². The second-order valence-corrected chi connectivity index (χ2v) is 8.87. The average Bonchev–Trinajstić information content (AvgIpc) is 3.48. The Kier molecular flexibility index (Phi) is 6.84. The Labute approximate surface area is 211 Å². The summed E-state index contributed by atoms with van der Waals surface area (Å²) in [5.41, 5.74) is 6.03. The normalized spacial score (nSPS) is 13.9. The molecule has 0 atom stereocenters. The first-order valence-electron chi connectivity index (χ1n) is 12.2. The summed E-state index contributed by atoms with van der Waals surface area (Å²) in [5.74, 6) is 2.62. The van der Waals surface area contributed by atoms with Gasteiger partial charge in [-0.05, 0) is 49.2 Å². The number of oxazole rings is 1. The van der Waals surface area contributed by atoms with Crippen LogP contribution in [0.1, 0.15) is 12.8 Å². The van der Waals surface area contributed by atoms with Crippen molar-refractivity contribution in [1.29, 1.82) is 0 Å². The first-order chi connectivity index (χ1) is 17.6. The van der Waals surface area contributed by atoms with Gasteiger partial charge in [-0.25, -0.2) is 15.0 Å². The van der Waals surface area contributed by atoms with E-state index in [9.17, 15) is 0 Å². The predicted molar refractivity (Wildman–Crippen MR) is 146 cm³/mol. The number of nitrogens with one attached hydrogen (secondary N) is 3. The second-order valence-electron chi connectivity index (χ2n) is 8.87. The van der Waals surface area contributed by atoms with E-state index >= 15 is 0 Å². The van der Waals surface area contributed by atoms with Crippen molar-refractivity contribution in [1.82, 2.24) is 15.0 Å². The second kappa shape index (κ2) is 10.5. The maximum atomic E-state index is 5.44. The van der Waals surface area contributed by atoms with Crippen molar-refractivity contribution in [2.45, 2.75) is 12.8 Å². The lowest BCUT2D eigenvalue weighted by Gasteiger charge is -2.34. The minimum absolute atomic E-state index is 0.399. The summed E-state index contributed by atoms with van der Waals surface area (Å²) in [5, 5.41) is 9.95. The summed E-state index contributed by atoms with van der Waals surface area (Å²) in [6, 6.07) is 16.2. The number of rotatable bonds is 8. The smallest absolute Gasteiger partial charge is 0.225 e. The average molecular weight is 482 g/mol. The molecule has 4 aromatic rings. The molecule has 0 aliphatic carbocycles. The third-order valence-corrected chi connectivity index (χ3v) is 6.57. The van der Waals surface area contributed by atoms with Crippen molar-refractivity contribution in [3.05, 3.63) is 79.5 Å². The molecule has 1 aliphatic rings. The predicted octanol–water partition coefficient (Wildman–Crippen LogP) is 5.72. The first-order valence-corrected chi connectivity index (χ1v) is 12.2. The zero-order valence-electron chi connectivity index (χ0n) is 20.7. The van der Waals surface area contributed by atoms with E-state index in [1.54, 1.807) is 12.5 Å². The molecule has 1 fully saturated rings. The molecule has 0 spiro atoms. The van der Waals surface area contributed by atoms with Crippen LogP contribution in [-0.4, -0.2) is 42.1 Å². The fourth-order valence-electron chi connectivity index (χ4n) is 4.55. The first kappa shape index (κ1) is 23.4. The van der Waals surface area contributed by atoms with Gasteiger partial charge in [-0.3, -0.25) is 0 Å². The van der Waals surface area contributed by atoms with Crippen molar-refractivity contribution < 1.29 is 4.42 Å². The Hall–Kier alpha value is -4.33. The number of benzene rings is 2. The molecule has 36 heavy (non-hydrogen) atoms. The molecular formula is C28H31N7O. The fourth-order valence-corrected chi connectivity index (χ4v) is 4.55. The number of hydrogen-bond acceptors (Lipinski definition) is 8. The Morgan fingerprint density at radius 3 is 2.33 bits per heavy atom. The summed E-state index contributed by atoms with van der Waals surface area (Å²) in [7, 11) is 3.85. The van der Waals surface area contributed by atoms with E-state index in [0.29, 0.717) is 17.6 Å². The van der Waals surface area contributed by atoms with Crippen LogP contribution in [0, 0.1) is 5.92 Å². The highest BCUT2D eigenvalue weighted by molar-refractivity contribution is 5.68. The van der Waals surface area contributed by atoms with Crippen LogP contribution in [-0.2, 0) is 0 Å². The Morgan fingerprint density at radius 2 is 1.64 bits per heavy atom. The van der Waals surface area contributed by atoms with Crippen LogP contribution >= 0.6 is 0 Å². The van der Waals surface area contributed by atoms with Crippen molar-refractivity contribution in [2.24, 2.45) is 5.92 Å². The van der Waals surface area contributed by atoms with E-state index in [1.165, 1.54) is 0 Å². The van der Waals surface area contributed by atoms with Crippen molar-refractivity contribution in [2.75, 3.05) is 48.0 Å².